The number of amides is 2. The van der Waals surface area contributed by atoms with Gasteiger partial charge >= 0.3 is 12.0 Å². The smallest absolute Gasteiger partial charge is 0.321 e. The highest BCUT2D eigenvalue weighted by Gasteiger charge is 2.28. The average molecular weight is 391 g/mol. The maximum absolute atomic E-state index is 13.0. The summed E-state index contributed by atoms with van der Waals surface area (Å²) in [6.07, 6.45) is 1.08. The van der Waals surface area contributed by atoms with Gasteiger partial charge in [0.2, 0.25) is 0 Å². The third kappa shape index (κ3) is 5.20. The van der Waals surface area contributed by atoms with Gasteiger partial charge in [-0.15, -0.1) is 0 Å². The zero-order valence-corrected chi connectivity index (χ0v) is 15.4. The fourth-order valence-corrected chi connectivity index (χ4v) is 3.17. The SMILES string of the molecule is O=C(OCc1ccc(F)cc1Cl)C1CCN(C(=O)Nc2ccccc2)CC1. The zero-order chi connectivity index (χ0) is 19.2. The lowest BCUT2D eigenvalue weighted by molar-refractivity contribution is -0.151. The molecule has 142 valence electrons. The lowest BCUT2D eigenvalue weighted by Gasteiger charge is -2.31. The van der Waals surface area contributed by atoms with Gasteiger partial charge < -0.3 is 15.0 Å². The van der Waals surface area contributed by atoms with E-state index in [9.17, 15) is 14.0 Å². The van der Waals surface area contributed by atoms with Gasteiger partial charge in [0.1, 0.15) is 12.4 Å². The maximum Gasteiger partial charge on any atom is 0.321 e. The van der Waals surface area contributed by atoms with Crippen LogP contribution < -0.4 is 5.32 Å². The van der Waals surface area contributed by atoms with Crippen molar-refractivity contribution in [3.63, 3.8) is 0 Å². The van der Waals surface area contributed by atoms with Crippen LogP contribution >= 0.6 is 11.6 Å². The summed E-state index contributed by atoms with van der Waals surface area (Å²) in [6, 6.07) is 13.0. The van der Waals surface area contributed by atoms with Crippen molar-refractivity contribution in [3.05, 3.63) is 64.9 Å². The van der Waals surface area contributed by atoms with Crippen molar-refractivity contribution >= 4 is 29.3 Å². The summed E-state index contributed by atoms with van der Waals surface area (Å²) in [5, 5.41) is 3.07. The van der Waals surface area contributed by atoms with Crippen molar-refractivity contribution in [2.45, 2.75) is 19.4 Å². The molecule has 2 aromatic rings. The van der Waals surface area contributed by atoms with E-state index in [0.29, 0.717) is 31.5 Å². The number of hydrogen-bond donors (Lipinski definition) is 1. The summed E-state index contributed by atoms with van der Waals surface area (Å²) >= 11 is 5.94. The first-order chi connectivity index (χ1) is 13.0. The van der Waals surface area contributed by atoms with Crippen LogP contribution in [0.15, 0.2) is 48.5 Å². The number of ether oxygens (including phenoxy) is 1. The van der Waals surface area contributed by atoms with Crippen LogP contribution in [0.5, 0.6) is 0 Å². The van der Waals surface area contributed by atoms with E-state index < -0.39 is 5.82 Å². The minimum Gasteiger partial charge on any atom is -0.461 e. The Labute approximate surface area is 162 Å². The van der Waals surface area contributed by atoms with Gasteiger partial charge in [0.25, 0.3) is 0 Å². The first-order valence-electron chi connectivity index (χ1n) is 8.74. The van der Waals surface area contributed by atoms with Gasteiger partial charge in [-0.2, -0.15) is 0 Å². The largest absolute Gasteiger partial charge is 0.461 e. The van der Waals surface area contributed by atoms with Crippen LogP contribution in [-0.4, -0.2) is 30.0 Å². The fraction of sp³-hybridized carbons (Fsp3) is 0.300. The van der Waals surface area contributed by atoms with Crippen molar-refractivity contribution in [2.75, 3.05) is 18.4 Å². The Bertz CT molecular complexity index is 808. The number of rotatable bonds is 4. The zero-order valence-electron chi connectivity index (χ0n) is 14.7. The number of halogens is 2. The molecule has 0 atom stereocenters. The second-order valence-electron chi connectivity index (χ2n) is 6.40. The highest BCUT2D eigenvalue weighted by Crippen LogP contribution is 2.22. The third-order valence-electron chi connectivity index (χ3n) is 4.53. The number of likely N-dealkylation sites (tertiary alicyclic amines) is 1. The van der Waals surface area contributed by atoms with Gasteiger partial charge in [-0.25, -0.2) is 9.18 Å². The van der Waals surface area contributed by atoms with E-state index in [1.165, 1.54) is 18.2 Å². The summed E-state index contributed by atoms with van der Waals surface area (Å²) in [5.74, 6) is -1.01. The number of para-hydroxylation sites is 1. The van der Waals surface area contributed by atoms with Crippen molar-refractivity contribution < 1.29 is 18.7 Å². The molecule has 0 bridgehead atoms. The van der Waals surface area contributed by atoms with Crippen LogP contribution in [0, 0.1) is 11.7 Å². The number of esters is 1. The van der Waals surface area contributed by atoms with Gasteiger partial charge in [-0.1, -0.05) is 35.9 Å². The second-order valence-corrected chi connectivity index (χ2v) is 6.81. The monoisotopic (exact) mass is 390 g/mol. The molecule has 0 spiro atoms. The molecular weight excluding hydrogens is 371 g/mol. The van der Waals surface area contributed by atoms with Gasteiger partial charge in [0.05, 0.1) is 10.9 Å². The van der Waals surface area contributed by atoms with E-state index in [4.69, 9.17) is 16.3 Å². The molecule has 0 radical (unpaired) electrons. The molecule has 2 amide bonds. The Morgan fingerprint density at radius 1 is 1.15 bits per heavy atom. The van der Waals surface area contributed by atoms with Crippen LogP contribution in [0.4, 0.5) is 14.9 Å². The topological polar surface area (TPSA) is 58.6 Å². The Morgan fingerprint density at radius 3 is 2.52 bits per heavy atom. The molecule has 2 aromatic carbocycles. The third-order valence-corrected chi connectivity index (χ3v) is 4.88. The number of nitrogens with zero attached hydrogens (tertiary/aromatic N) is 1. The van der Waals surface area contributed by atoms with Crippen molar-refractivity contribution in [1.29, 1.82) is 0 Å². The lowest BCUT2D eigenvalue weighted by atomic mass is 9.97. The van der Waals surface area contributed by atoms with Gasteiger partial charge in [-0.05, 0) is 37.1 Å². The second kappa shape index (κ2) is 8.86. The van der Waals surface area contributed by atoms with E-state index in [1.807, 2.05) is 30.3 Å². The number of carbonyl (C=O) groups is 2. The molecule has 0 unspecified atom stereocenters. The fourth-order valence-electron chi connectivity index (χ4n) is 2.95. The maximum atomic E-state index is 13.0. The van der Waals surface area contributed by atoms with E-state index in [0.717, 1.165) is 5.69 Å². The molecule has 1 fully saturated rings. The van der Waals surface area contributed by atoms with Crippen molar-refractivity contribution in [2.24, 2.45) is 5.92 Å². The van der Waals surface area contributed by atoms with Gasteiger partial charge in [-0.3, -0.25) is 4.79 Å². The molecular formula is C20H20ClFN2O3. The molecule has 1 saturated heterocycles. The molecule has 3 rings (SSSR count). The molecule has 0 saturated carbocycles. The number of benzene rings is 2. The summed E-state index contributed by atoms with van der Waals surface area (Å²) in [4.78, 5) is 26.2. The molecule has 1 aliphatic heterocycles. The van der Waals surface area contributed by atoms with E-state index in [-0.39, 0.29) is 29.5 Å². The van der Waals surface area contributed by atoms with Crippen LogP contribution in [0.3, 0.4) is 0 Å². The Balaban J connectivity index is 1.45. The number of carbonyl (C=O) groups excluding carboxylic acids is 2. The van der Waals surface area contributed by atoms with E-state index >= 15 is 0 Å². The number of piperidine rings is 1. The molecule has 5 nitrogen and oxygen atoms in total. The molecule has 0 aromatic heterocycles. The number of anilines is 1. The first kappa shape index (κ1) is 19.2. The number of hydrogen-bond acceptors (Lipinski definition) is 3. The predicted octanol–water partition coefficient (Wildman–Crippen LogP) is 4.47. The molecule has 1 heterocycles. The van der Waals surface area contributed by atoms with E-state index in [2.05, 4.69) is 5.32 Å². The molecule has 0 aliphatic carbocycles. The summed E-state index contributed by atoms with van der Waals surface area (Å²) in [5.41, 5.74) is 1.30. The summed E-state index contributed by atoms with van der Waals surface area (Å²) in [6.45, 7) is 0.970. The normalized spacial score (nSPS) is 14.7. The highest BCUT2D eigenvalue weighted by atomic mass is 35.5. The van der Waals surface area contributed by atoms with Crippen LogP contribution in [0.1, 0.15) is 18.4 Å². The Morgan fingerprint density at radius 2 is 1.85 bits per heavy atom. The average Bonchev–Trinajstić information content (AvgIpc) is 2.68. The first-order valence-corrected chi connectivity index (χ1v) is 9.12. The van der Waals surface area contributed by atoms with Crippen LogP contribution in [0.25, 0.3) is 0 Å². The molecule has 27 heavy (non-hydrogen) atoms. The molecule has 7 heteroatoms. The number of nitrogens with one attached hydrogen (secondary N) is 1. The minimum atomic E-state index is -0.434. The summed E-state index contributed by atoms with van der Waals surface area (Å²) in [7, 11) is 0. The molecule has 1 aliphatic rings. The van der Waals surface area contributed by atoms with Crippen molar-refractivity contribution in [3.8, 4) is 0 Å². The highest BCUT2D eigenvalue weighted by molar-refractivity contribution is 6.31. The van der Waals surface area contributed by atoms with E-state index in [1.54, 1.807) is 4.90 Å². The van der Waals surface area contributed by atoms with Gasteiger partial charge in [0, 0.05) is 24.3 Å². The van der Waals surface area contributed by atoms with Gasteiger partial charge in [0.15, 0.2) is 0 Å². The van der Waals surface area contributed by atoms with Crippen LogP contribution in [-0.2, 0) is 16.1 Å². The quantitative estimate of drug-likeness (QED) is 0.784. The standard InChI is InChI=1S/C20H20ClFN2O3/c21-18-12-16(22)7-6-15(18)13-27-19(25)14-8-10-24(11-9-14)20(26)23-17-4-2-1-3-5-17/h1-7,12,14H,8-11,13H2,(H,23,26). The predicted molar refractivity (Wildman–Crippen MR) is 101 cm³/mol. The number of urea groups is 1. The van der Waals surface area contributed by atoms with Crippen molar-refractivity contribution in [1.82, 2.24) is 4.90 Å². The van der Waals surface area contributed by atoms with Crippen LogP contribution in [0.2, 0.25) is 5.02 Å². The molecule has 1 N–H and O–H groups in total. The Hall–Kier alpha value is -2.60. The summed E-state index contributed by atoms with van der Waals surface area (Å²) < 4.78 is 18.4. The lowest BCUT2D eigenvalue weighted by Crippen LogP contribution is -2.42. The minimum absolute atomic E-state index is 0.00660. The Kier molecular flexibility index (Phi) is 6.29.